The van der Waals surface area contributed by atoms with Crippen LogP contribution in [-0.2, 0) is 6.61 Å². The molecular formula is C14H11NO6. The molecule has 0 aliphatic heterocycles. The molecule has 0 heterocycles. The van der Waals surface area contributed by atoms with Crippen molar-refractivity contribution < 1.29 is 24.7 Å². The minimum atomic E-state index is -1.40. The molecule has 0 fully saturated rings. The quantitative estimate of drug-likeness (QED) is 0.646. The first kappa shape index (κ1) is 14.5. The van der Waals surface area contributed by atoms with E-state index in [4.69, 9.17) is 14.9 Å². The number of nitrogens with zero attached hydrogens (tertiary/aromatic N) is 1. The zero-order valence-electron chi connectivity index (χ0n) is 10.7. The molecule has 0 saturated heterocycles. The van der Waals surface area contributed by atoms with Crippen LogP contribution in [0, 0.1) is 10.1 Å². The molecule has 2 aromatic rings. The van der Waals surface area contributed by atoms with E-state index in [0.717, 1.165) is 6.07 Å². The smallest absolute Gasteiger partial charge is 0.342 e. The van der Waals surface area contributed by atoms with Gasteiger partial charge in [-0.3, -0.25) is 10.1 Å². The number of hydrogen-bond donors (Lipinski definition) is 2. The van der Waals surface area contributed by atoms with E-state index in [2.05, 4.69) is 0 Å². The van der Waals surface area contributed by atoms with Crippen LogP contribution in [-0.4, -0.2) is 21.1 Å². The molecule has 0 atom stereocenters. The second-order valence-corrected chi connectivity index (χ2v) is 4.12. The van der Waals surface area contributed by atoms with Crippen molar-refractivity contribution >= 4 is 11.7 Å². The maximum absolute atomic E-state index is 11.1. The van der Waals surface area contributed by atoms with Crippen LogP contribution in [0.4, 0.5) is 5.69 Å². The molecule has 0 unspecified atom stereocenters. The summed E-state index contributed by atoms with van der Waals surface area (Å²) in [7, 11) is 0. The Balaban J connectivity index is 2.41. The van der Waals surface area contributed by atoms with E-state index in [1.54, 1.807) is 12.1 Å². The topological polar surface area (TPSA) is 110 Å². The van der Waals surface area contributed by atoms with Gasteiger partial charge < -0.3 is 14.9 Å². The molecule has 0 amide bonds. The molecule has 2 N–H and O–H groups in total. The fraction of sp³-hybridized carbons (Fsp3) is 0.0714. The Morgan fingerprint density at radius 2 is 1.86 bits per heavy atom. The van der Waals surface area contributed by atoms with Gasteiger partial charge in [-0.2, -0.15) is 0 Å². The van der Waals surface area contributed by atoms with Crippen molar-refractivity contribution in [3.8, 4) is 11.5 Å². The van der Waals surface area contributed by atoms with Gasteiger partial charge in [0.05, 0.1) is 11.5 Å². The summed E-state index contributed by atoms with van der Waals surface area (Å²) in [5.74, 6) is -1.25. The highest BCUT2D eigenvalue weighted by atomic mass is 16.6. The number of para-hydroxylation sites is 1. The number of rotatable bonds is 5. The maximum Gasteiger partial charge on any atom is 0.342 e. The summed E-state index contributed by atoms with van der Waals surface area (Å²) >= 11 is 0. The van der Waals surface area contributed by atoms with Crippen LogP contribution < -0.4 is 4.74 Å². The second-order valence-electron chi connectivity index (χ2n) is 4.12. The molecule has 0 aromatic heterocycles. The fourth-order valence-electron chi connectivity index (χ4n) is 1.76. The Hall–Kier alpha value is -2.93. The lowest BCUT2D eigenvalue weighted by Gasteiger charge is -2.08. The van der Waals surface area contributed by atoms with Crippen molar-refractivity contribution in [2.45, 2.75) is 6.61 Å². The Morgan fingerprint density at radius 1 is 1.19 bits per heavy atom. The number of aromatic carboxylic acids is 1. The Kier molecular flexibility index (Phi) is 4.15. The van der Waals surface area contributed by atoms with Gasteiger partial charge in [0, 0.05) is 0 Å². The van der Waals surface area contributed by atoms with Gasteiger partial charge >= 0.3 is 11.7 Å². The van der Waals surface area contributed by atoms with Crippen molar-refractivity contribution in [3.05, 3.63) is 63.7 Å². The summed E-state index contributed by atoms with van der Waals surface area (Å²) < 4.78 is 5.37. The molecule has 108 valence electrons. The standard InChI is InChI=1S/C14H11NO6/c16-8-9-4-6-10(7-5-9)21-12-3-1-2-11(14(17)18)13(12)15(19)20/h1-7,16H,8H2,(H,17,18). The first-order valence-corrected chi connectivity index (χ1v) is 5.91. The number of carboxylic acid groups (broad SMARTS) is 1. The van der Waals surface area contributed by atoms with E-state index in [1.807, 2.05) is 0 Å². The molecule has 21 heavy (non-hydrogen) atoms. The number of aliphatic hydroxyl groups is 1. The van der Waals surface area contributed by atoms with Gasteiger partial charge in [0.1, 0.15) is 11.3 Å². The number of benzene rings is 2. The largest absolute Gasteiger partial charge is 0.477 e. The summed E-state index contributed by atoms with van der Waals surface area (Å²) in [6.45, 7) is -0.130. The molecule has 2 aromatic carbocycles. The fourth-order valence-corrected chi connectivity index (χ4v) is 1.76. The normalized spacial score (nSPS) is 10.1. The van der Waals surface area contributed by atoms with Crippen molar-refractivity contribution in [3.63, 3.8) is 0 Å². The number of nitro groups is 1. The summed E-state index contributed by atoms with van der Waals surface area (Å²) in [6.07, 6.45) is 0. The molecule has 2 rings (SSSR count). The van der Waals surface area contributed by atoms with Gasteiger partial charge in [-0.05, 0) is 29.8 Å². The molecule has 0 aliphatic carbocycles. The van der Waals surface area contributed by atoms with Crippen molar-refractivity contribution in [1.82, 2.24) is 0 Å². The van der Waals surface area contributed by atoms with Gasteiger partial charge in [-0.25, -0.2) is 4.79 Å². The van der Waals surface area contributed by atoms with Crippen LogP contribution in [0.1, 0.15) is 15.9 Å². The highest BCUT2D eigenvalue weighted by molar-refractivity contribution is 5.93. The SMILES string of the molecule is O=C(O)c1cccc(Oc2ccc(CO)cc2)c1[N+](=O)[O-]. The summed E-state index contributed by atoms with van der Waals surface area (Å²) in [5.41, 5.74) is -0.378. The first-order valence-electron chi connectivity index (χ1n) is 5.91. The highest BCUT2D eigenvalue weighted by Gasteiger charge is 2.25. The van der Waals surface area contributed by atoms with E-state index in [0.29, 0.717) is 11.3 Å². The van der Waals surface area contributed by atoms with Gasteiger partial charge in [0.25, 0.3) is 0 Å². The summed E-state index contributed by atoms with van der Waals surface area (Å²) in [4.78, 5) is 21.3. The second kappa shape index (κ2) is 6.02. The summed E-state index contributed by atoms with van der Waals surface area (Å²) in [6, 6.07) is 10.1. The van der Waals surface area contributed by atoms with Crippen LogP contribution >= 0.6 is 0 Å². The average Bonchev–Trinajstić information content (AvgIpc) is 2.47. The molecule has 0 aliphatic rings. The minimum absolute atomic E-state index is 0.130. The maximum atomic E-state index is 11.1. The van der Waals surface area contributed by atoms with Crippen LogP contribution in [0.5, 0.6) is 11.5 Å². The molecule has 0 bridgehead atoms. The molecule has 7 heteroatoms. The predicted octanol–water partition coefficient (Wildman–Crippen LogP) is 2.58. The van der Waals surface area contributed by atoms with Crippen molar-refractivity contribution in [2.75, 3.05) is 0 Å². The lowest BCUT2D eigenvalue weighted by Crippen LogP contribution is -2.04. The zero-order chi connectivity index (χ0) is 15.4. The molecule has 0 saturated carbocycles. The Morgan fingerprint density at radius 3 is 2.38 bits per heavy atom. The molecule has 0 radical (unpaired) electrons. The van der Waals surface area contributed by atoms with Gasteiger partial charge in [0.15, 0.2) is 0 Å². The average molecular weight is 289 g/mol. The Labute approximate surface area is 119 Å². The Bertz CT molecular complexity index is 680. The summed E-state index contributed by atoms with van der Waals surface area (Å²) in [5, 5.41) is 29.0. The van der Waals surface area contributed by atoms with E-state index < -0.39 is 22.1 Å². The van der Waals surface area contributed by atoms with Crippen LogP contribution in [0.15, 0.2) is 42.5 Å². The zero-order valence-corrected chi connectivity index (χ0v) is 10.7. The third-order valence-electron chi connectivity index (χ3n) is 2.75. The number of carboxylic acids is 1. The van der Waals surface area contributed by atoms with Crippen LogP contribution in [0.25, 0.3) is 0 Å². The third kappa shape index (κ3) is 3.15. The number of ether oxygens (including phenoxy) is 1. The molecular weight excluding hydrogens is 278 g/mol. The lowest BCUT2D eigenvalue weighted by atomic mass is 10.1. The van der Waals surface area contributed by atoms with Crippen LogP contribution in [0.2, 0.25) is 0 Å². The number of aliphatic hydroxyl groups excluding tert-OH is 1. The van der Waals surface area contributed by atoms with E-state index in [-0.39, 0.29) is 12.4 Å². The first-order chi connectivity index (χ1) is 10.0. The van der Waals surface area contributed by atoms with E-state index >= 15 is 0 Å². The van der Waals surface area contributed by atoms with E-state index in [9.17, 15) is 14.9 Å². The van der Waals surface area contributed by atoms with Gasteiger partial charge in [0.2, 0.25) is 5.75 Å². The number of carbonyl (C=O) groups is 1. The third-order valence-corrected chi connectivity index (χ3v) is 2.75. The minimum Gasteiger partial charge on any atom is -0.477 e. The lowest BCUT2D eigenvalue weighted by molar-refractivity contribution is -0.386. The monoisotopic (exact) mass is 289 g/mol. The van der Waals surface area contributed by atoms with Crippen LogP contribution in [0.3, 0.4) is 0 Å². The molecule has 0 spiro atoms. The predicted molar refractivity (Wildman–Crippen MR) is 72.5 cm³/mol. The highest BCUT2D eigenvalue weighted by Crippen LogP contribution is 2.34. The van der Waals surface area contributed by atoms with Crippen molar-refractivity contribution in [1.29, 1.82) is 0 Å². The van der Waals surface area contributed by atoms with Gasteiger partial charge in [-0.15, -0.1) is 0 Å². The molecule has 7 nitrogen and oxygen atoms in total. The van der Waals surface area contributed by atoms with E-state index in [1.165, 1.54) is 24.3 Å². The number of nitro benzene ring substituents is 1. The number of hydrogen-bond acceptors (Lipinski definition) is 5. The van der Waals surface area contributed by atoms with Gasteiger partial charge in [-0.1, -0.05) is 18.2 Å². The van der Waals surface area contributed by atoms with Crippen molar-refractivity contribution in [2.24, 2.45) is 0 Å².